The Bertz CT molecular complexity index is 631. The first-order valence-electron chi connectivity index (χ1n) is 7.11. The van der Waals surface area contributed by atoms with Gasteiger partial charge in [-0.05, 0) is 35.2 Å². The van der Waals surface area contributed by atoms with Crippen LogP contribution in [0.5, 0.6) is 5.75 Å². The fourth-order valence-corrected chi connectivity index (χ4v) is 2.08. The van der Waals surface area contributed by atoms with Crippen molar-refractivity contribution in [2.75, 3.05) is 6.61 Å². The summed E-state index contributed by atoms with van der Waals surface area (Å²) in [5.41, 5.74) is 3.22. The minimum atomic E-state index is -0.114. The molecule has 2 aromatic rings. The van der Waals surface area contributed by atoms with E-state index in [1.165, 1.54) is 5.56 Å². The van der Waals surface area contributed by atoms with E-state index in [1.807, 2.05) is 42.5 Å². The highest BCUT2D eigenvalue weighted by molar-refractivity contribution is 5.37. The molecule has 108 valence electrons. The molecular formula is C19H20O2. The third-order valence-corrected chi connectivity index (χ3v) is 3.20. The van der Waals surface area contributed by atoms with Crippen molar-refractivity contribution in [3.8, 4) is 17.6 Å². The maximum atomic E-state index is 8.67. The van der Waals surface area contributed by atoms with Gasteiger partial charge in [0, 0.05) is 5.56 Å². The van der Waals surface area contributed by atoms with Crippen molar-refractivity contribution in [1.82, 2.24) is 0 Å². The Labute approximate surface area is 126 Å². The average Bonchev–Trinajstić information content (AvgIpc) is 2.52. The second kappa shape index (κ2) is 7.52. The van der Waals surface area contributed by atoms with E-state index < -0.39 is 0 Å². The van der Waals surface area contributed by atoms with Crippen molar-refractivity contribution >= 4 is 0 Å². The van der Waals surface area contributed by atoms with Crippen molar-refractivity contribution in [3.05, 3.63) is 65.2 Å². The van der Waals surface area contributed by atoms with E-state index in [-0.39, 0.29) is 6.61 Å². The van der Waals surface area contributed by atoms with Crippen LogP contribution in [-0.2, 0) is 6.61 Å². The molecule has 0 aliphatic carbocycles. The summed E-state index contributed by atoms with van der Waals surface area (Å²) in [5.74, 6) is 6.90. The second-order valence-electron chi connectivity index (χ2n) is 5.14. The molecular weight excluding hydrogens is 260 g/mol. The summed E-state index contributed by atoms with van der Waals surface area (Å²) < 4.78 is 5.93. The SMILES string of the molecule is CC(C)c1ccccc1OCc1ccc(C#CCO)cc1. The molecule has 1 N–H and O–H groups in total. The van der Waals surface area contributed by atoms with E-state index in [2.05, 4.69) is 31.8 Å². The first-order valence-corrected chi connectivity index (χ1v) is 7.11. The van der Waals surface area contributed by atoms with Gasteiger partial charge in [-0.2, -0.15) is 0 Å². The van der Waals surface area contributed by atoms with E-state index in [4.69, 9.17) is 9.84 Å². The van der Waals surface area contributed by atoms with Gasteiger partial charge >= 0.3 is 0 Å². The summed E-state index contributed by atoms with van der Waals surface area (Å²) >= 11 is 0. The molecule has 21 heavy (non-hydrogen) atoms. The van der Waals surface area contributed by atoms with Crippen LogP contribution in [0.4, 0.5) is 0 Å². The van der Waals surface area contributed by atoms with Crippen molar-refractivity contribution in [2.45, 2.75) is 26.4 Å². The molecule has 0 radical (unpaired) electrons. The van der Waals surface area contributed by atoms with Crippen LogP contribution in [0.2, 0.25) is 0 Å². The van der Waals surface area contributed by atoms with Gasteiger partial charge in [0.05, 0.1) is 0 Å². The number of rotatable bonds is 4. The molecule has 0 aliphatic heterocycles. The molecule has 0 heterocycles. The van der Waals surface area contributed by atoms with E-state index in [1.54, 1.807) is 0 Å². The van der Waals surface area contributed by atoms with Crippen LogP contribution < -0.4 is 4.74 Å². The first-order chi connectivity index (χ1) is 10.2. The molecule has 2 aromatic carbocycles. The number of hydrogen-bond donors (Lipinski definition) is 1. The smallest absolute Gasteiger partial charge is 0.123 e. The van der Waals surface area contributed by atoms with Crippen molar-refractivity contribution in [1.29, 1.82) is 0 Å². The summed E-state index contributed by atoms with van der Waals surface area (Å²) in [4.78, 5) is 0. The predicted molar refractivity (Wildman–Crippen MR) is 85.3 cm³/mol. The van der Waals surface area contributed by atoms with E-state index >= 15 is 0 Å². The van der Waals surface area contributed by atoms with Gasteiger partial charge in [-0.1, -0.05) is 56.0 Å². The Hall–Kier alpha value is -2.24. The third kappa shape index (κ3) is 4.37. The lowest BCUT2D eigenvalue weighted by Gasteiger charge is -2.13. The minimum absolute atomic E-state index is 0.114. The van der Waals surface area contributed by atoms with E-state index in [9.17, 15) is 0 Å². The highest BCUT2D eigenvalue weighted by Crippen LogP contribution is 2.26. The molecule has 0 aliphatic rings. The van der Waals surface area contributed by atoms with Crippen LogP contribution in [0.3, 0.4) is 0 Å². The Balaban J connectivity index is 2.03. The highest BCUT2D eigenvalue weighted by atomic mass is 16.5. The quantitative estimate of drug-likeness (QED) is 0.865. The van der Waals surface area contributed by atoms with Crippen molar-refractivity contribution in [3.63, 3.8) is 0 Å². The minimum Gasteiger partial charge on any atom is -0.489 e. The average molecular weight is 280 g/mol. The molecule has 0 atom stereocenters. The van der Waals surface area contributed by atoms with E-state index in [0.717, 1.165) is 16.9 Å². The largest absolute Gasteiger partial charge is 0.489 e. The molecule has 0 saturated heterocycles. The summed E-state index contributed by atoms with van der Waals surface area (Å²) in [6.07, 6.45) is 0. The Kier molecular flexibility index (Phi) is 5.43. The number of ether oxygens (including phenoxy) is 1. The molecule has 0 unspecified atom stereocenters. The van der Waals surface area contributed by atoms with Crippen LogP contribution in [0.15, 0.2) is 48.5 Å². The fraction of sp³-hybridized carbons (Fsp3) is 0.263. The van der Waals surface area contributed by atoms with Gasteiger partial charge < -0.3 is 9.84 Å². The Morgan fingerprint density at radius 2 is 1.76 bits per heavy atom. The number of aliphatic hydroxyl groups excluding tert-OH is 1. The zero-order valence-corrected chi connectivity index (χ0v) is 12.5. The third-order valence-electron chi connectivity index (χ3n) is 3.20. The highest BCUT2D eigenvalue weighted by Gasteiger charge is 2.06. The van der Waals surface area contributed by atoms with Gasteiger partial charge in [-0.15, -0.1) is 0 Å². The van der Waals surface area contributed by atoms with Gasteiger partial charge in [0.2, 0.25) is 0 Å². The number of hydrogen-bond acceptors (Lipinski definition) is 2. The predicted octanol–water partition coefficient (Wildman–Crippen LogP) is 3.73. The standard InChI is InChI=1S/C19H20O2/c1-15(2)18-7-3-4-8-19(18)21-14-17-11-9-16(10-12-17)6-5-13-20/h3-4,7-12,15,20H,13-14H2,1-2H3. The van der Waals surface area contributed by atoms with Crippen LogP contribution in [-0.4, -0.2) is 11.7 Å². The van der Waals surface area contributed by atoms with Gasteiger partial charge in [0.15, 0.2) is 0 Å². The summed E-state index contributed by atoms with van der Waals surface area (Å²) in [5, 5.41) is 8.67. The fourth-order valence-electron chi connectivity index (χ4n) is 2.08. The number of benzene rings is 2. The maximum Gasteiger partial charge on any atom is 0.123 e. The molecule has 2 rings (SSSR count). The number of aliphatic hydroxyl groups is 1. The normalized spacial score (nSPS) is 10.1. The molecule has 2 heteroatoms. The van der Waals surface area contributed by atoms with Gasteiger partial charge in [0.1, 0.15) is 19.0 Å². The Morgan fingerprint density at radius 1 is 1.05 bits per heavy atom. The van der Waals surface area contributed by atoms with Crippen LogP contribution in [0.25, 0.3) is 0 Å². The van der Waals surface area contributed by atoms with Crippen LogP contribution >= 0.6 is 0 Å². The van der Waals surface area contributed by atoms with Crippen LogP contribution in [0.1, 0.15) is 36.5 Å². The molecule has 2 nitrogen and oxygen atoms in total. The maximum absolute atomic E-state index is 8.67. The van der Waals surface area contributed by atoms with Crippen LogP contribution in [0, 0.1) is 11.8 Å². The lowest BCUT2D eigenvalue weighted by molar-refractivity contribution is 0.302. The van der Waals surface area contributed by atoms with Crippen molar-refractivity contribution in [2.24, 2.45) is 0 Å². The summed E-state index contributed by atoms with van der Waals surface area (Å²) in [7, 11) is 0. The van der Waals surface area contributed by atoms with Crippen molar-refractivity contribution < 1.29 is 9.84 Å². The molecule has 0 fully saturated rings. The lowest BCUT2D eigenvalue weighted by Crippen LogP contribution is -1.99. The first kappa shape index (κ1) is 15.2. The zero-order chi connectivity index (χ0) is 15.1. The second-order valence-corrected chi connectivity index (χ2v) is 5.14. The van der Waals surface area contributed by atoms with Gasteiger partial charge in [-0.25, -0.2) is 0 Å². The zero-order valence-electron chi connectivity index (χ0n) is 12.5. The molecule has 0 spiro atoms. The molecule has 0 amide bonds. The van der Waals surface area contributed by atoms with Gasteiger partial charge in [0.25, 0.3) is 0 Å². The Morgan fingerprint density at radius 3 is 2.43 bits per heavy atom. The summed E-state index contributed by atoms with van der Waals surface area (Å²) in [6, 6.07) is 16.0. The van der Waals surface area contributed by atoms with E-state index in [0.29, 0.717) is 12.5 Å². The lowest BCUT2D eigenvalue weighted by atomic mass is 10.0. The molecule has 0 saturated carbocycles. The van der Waals surface area contributed by atoms with Gasteiger partial charge in [-0.3, -0.25) is 0 Å². The number of para-hydroxylation sites is 1. The molecule has 0 bridgehead atoms. The topological polar surface area (TPSA) is 29.5 Å². The molecule has 0 aromatic heterocycles. The monoisotopic (exact) mass is 280 g/mol. The summed E-state index contributed by atoms with van der Waals surface area (Å²) in [6.45, 7) is 4.75.